The van der Waals surface area contributed by atoms with Gasteiger partial charge in [-0.1, -0.05) is 49.8 Å². The Morgan fingerprint density at radius 1 is 1.20 bits per heavy atom. The van der Waals surface area contributed by atoms with Crippen LogP contribution in [0.2, 0.25) is 0 Å². The smallest absolute Gasteiger partial charge is 0.0165 e. The summed E-state index contributed by atoms with van der Waals surface area (Å²) < 4.78 is 0. The molecule has 0 radical (unpaired) electrons. The molecule has 1 aromatic rings. The van der Waals surface area contributed by atoms with Gasteiger partial charge in [0.05, 0.1) is 0 Å². The molecule has 1 aromatic carbocycles. The van der Waals surface area contributed by atoms with Crippen LogP contribution in [0.4, 0.5) is 0 Å². The first kappa shape index (κ1) is 12.0. The summed E-state index contributed by atoms with van der Waals surface area (Å²) in [4.78, 5) is 0. The zero-order valence-electron chi connectivity index (χ0n) is 10.0. The van der Waals surface area contributed by atoms with Crippen LogP contribution in [0, 0.1) is 0 Å². The molecule has 0 aliphatic rings. The predicted molar refractivity (Wildman–Crippen MR) is 68.0 cm³/mol. The number of aryl methyl sites for hydroxylation is 1. The largest absolute Gasteiger partial charge is 0.313 e. The molecule has 0 fully saturated rings. The SMILES string of the molecule is CCNCC(C)=Cc1ccc(CC)cc1. The summed E-state index contributed by atoms with van der Waals surface area (Å²) in [7, 11) is 0. The van der Waals surface area contributed by atoms with Gasteiger partial charge in [-0.3, -0.25) is 0 Å². The average molecular weight is 203 g/mol. The van der Waals surface area contributed by atoms with E-state index in [0.717, 1.165) is 19.5 Å². The van der Waals surface area contributed by atoms with Crippen LogP contribution >= 0.6 is 0 Å². The first-order chi connectivity index (χ1) is 7.26. The molecule has 0 aromatic heterocycles. The van der Waals surface area contributed by atoms with Crippen molar-refractivity contribution in [3.63, 3.8) is 0 Å². The highest BCUT2D eigenvalue weighted by Crippen LogP contribution is 2.08. The van der Waals surface area contributed by atoms with Crippen molar-refractivity contribution >= 4 is 6.08 Å². The lowest BCUT2D eigenvalue weighted by Crippen LogP contribution is -2.14. The second-order valence-corrected chi connectivity index (χ2v) is 3.87. The molecule has 82 valence electrons. The third-order valence-electron chi connectivity index (χ3n) is 2.45. The van der Waals surface area contributed by atoms with Crippen LogP contribution < -0.4 is 5.32 Å². The maximum Gasteiger partial charge on any atom is 0.0165 e. The molecule has 0 heterocycles. The number of benzene rings is 1. The Balaban J connectivity index is 2.62. The molecule has 0 atom stereocenters. The summed E-state index contributed by atoms with van der Waals surface area (Å²) in [6, 6.07) is 8.78. The van der Waals surface area contributed by atoms with Gasteiger partial charge in [-0.15, -0.1) is 0 Å². The number of nitrogens with one attached hydrogen (secondary N) is 1. The molecule has 15 heavy (non-hydrogen) atoms. The molecule has 0 amide bonds. The summed E-state index contributed by atoms with van der Waals surface area (Å²) in [6.07, 6.45) is 3.35. The molecule has 1 N–H and O–H groups in total. The molecule has 0 saturated heterocycles. The molecule has 1 rings (SSSR count). The summed E-state index contributed by atoms with van der Waals surface area (Å²) >= 11 is 0. The Morgan fingerprint density at radius 3 is 2.40 bits per heavy atom. The highest BCUT2D eigenvalue weighted by atomic mass is 14.8. The molecular formula is C14H21N. The monoisotopic (exact) mass is 203 g/mol. The Kier molecular flexibility index (Phi) is 5.13. The second-order valence-electron chi connectivity index (χ2n) is 3.87. The molecular weight excluding hydrogens is 182 g/mol. The highest BCUT2D eigenvalue weighted by Gasteiger charge is 1.92. The quantitative estimate of drug-likeness (QED) is 0.774. The van der Waals surface area contributed by atoms with E-state index in [2.05, 4.69) is 56.4 Å². The number of likely N-dealkylation sites (N-methyl/N-ethyl adjacent to an activating group) is 1. The molecule has 0 bridgehead atoms. The van der Waals surface area contributed by atoms with Crippen molar-refractivity contribution in [2.45, 2.75) is 27.2 Å². The van der Waals surface area contributed by atoms with Crippen LogP contribution in [0.25, 0.3) is 6.08 Å². The lowest BCUT2D eigenvalue weighted by atomic mass is 10.1. The van der Waals surface area contributed by atoms with E-state index in [9.17, 15) is 0 Å². The summed E-state index contributed by atoms with van der Waals surface area (Å²) in [6.45, 7) is 8.48. The van der Waals surface area contributed by atoms with E-state index in [1.165, 1.54) is 16.7 Å². The van der Waals surface area contributed by atoms with Gasteiger partial charge < -0.3 is 5.32 Å². The summed E-state index contributed by atoms with van der Waals surface area (Å²) in [5, 5.41) is 3.32. The third kappa shape index (κ3) is 4.30. The maximum absolute atomic E-state index is 3.32. The van der Waals surface area contributed by atoms with Crippen molar-refractivity contribution in [2.24, 2.45) is 0 Å². The maximum atomic E-state index is 3.32. The fraction of sp³-hybridized carbons (Fsp3) is 0.429. The van der Waals surface area contributed by atoms with Crippen LogP contribution in [0.5, 0.6) is 0 Å². The standard InChI is InChI=1S/C14H21N/c1-4-13-6-8-14(9-7-13)10-12(3)11-15-5-2/h6-10,15H,4-5,11H2,1-3H3. The molecule has 0 spiro atoms. The van der Waals surface area contributed by atoms with E-state index in [-0.39, 0.29) is 0 Å². The van der Waals surface area contributed by atoms with Crippen molar-refractivity contribution < 1.29 is 0 Å². The Morgan fingerprint density at radius 2 is 1.87 bits per heavy atom. The normalized spacial score (nSPS) is 11.8. The van der Waals surface area contributed by atoms with Gasteiger partial charge >= 0.3 is 0 Å². The van der Waals surface area contributed by atoms with Crippen molar-refractivity contribution in [1.29, 1.82) is 0 Å². The Bertz CT molecular complexity index is 309. The third-order valence-corrected chi connectivity index (χ3v) is 2.45. The minimum absolute atomic E-state index is 0.978. The molecule has 0 aliphatic heterocycles. The van der Waals surface area contributed by atoms with Gasteiger partial charge in [0.2, 0.25) is 0 Å². The van der Waals surface area contributed by atoms with Crippen LogP contribution in [0.3, 0.4) is 0 Å². The van der Waals surface area contributed by atoms with Gasteiger partial charge in [-0.05, 0) is 31.0 Å². The van der Waals surface area contributed by atoms with Crippen LogP contribution in [0.15, 0.2) is 29.8 Å². The molecule has 1 heteroatoms. The van der Waals surface area contributed by atoms with E-state index in [1.807, 2.05) is 0 Å². The van der Waals surface area contributed by atoms with Gasteiger partial charge in [-0.2, -0.15) is 0 Å². The minimum Gasteiger partial charge on any atom is -0.313 e. The first-order valence-corrected chi connectivity index (χ1v) is 5.73. The summed E-state index contributed by atoms with van der Waals surface area (Å²) in [5.41, 5.74) is 4.07. The zero-order valence-corrected chi connectivity index (χ0v) is 10.0. The molecule has 0 saturated carbocycles. The van der Waals surface area contributed by atoms with Gasteiger partial charge in [0, 0.05) is 6.54 Å². The Labute approximate surface area is 93.2 Å². The minimum atomic E-state index is 0.978. The van der Waals surface area contributed by atoms with E-state index < -0.39 is 0 Å². The average Bonchev–Trinajstić information content (AvgIpc) is 2.27. The molecule has 0 unspecified atom stereocenters. The fourth-order valence-corrected chi connectivity index (χ4v) is 1.51. The van der Waals surface area contributed by atoms with Crippen LogP contribution in [-0.2, 0) is 6.42 Å². The van der Waals surface area contributed by atoms with E-state index >= 15 is 0 Å². The van der Waals surface area contributed by atoms with E-state index in [4.69, 9.17) is 0 Å². The van der Waals surface area contributed by atoms with Crippen LogP contribution in [0.1, 0.15) is 31.9 Å². The molecule has 1 nitrogen and oxygen atoms in total. The topological polar surface area (TPSA) is 12.0 Å². The first-order valence-electron chi connectivity index (χ1n) is 5.73. The van der Waals surface area contributed by atoms with Crippen molar-refractivity contribution in [3.05, 3.63) is 41.0 Å². The van der Waals surface area contributed by atoms with Gasteiger partial charge in [0.15, 0.2) is 0 Å². The van der Waals surface area contributed by atoms with Crippen molar-refractivity contribution in [3.8, 4) is 0 Å². The van der Waals surface area contributed by atoms with E-state index in [0.29, 0.717) is 0 Å². The second kappa shape index (κ2) is 6.41. The number of hydrogen-bond donors (Lipinski definition) is 1. The van der Waals surface area contributed by atoms with E-state index in [1.54, 1.807) is 0 Å². The van der Waals surface area contributed by atoms with Crippen LogP contribution in [-0.4, -0.2) is 13.1 Å². The van der Waals surface area contributed by atoms with Crippen molar-refractivity contribution in [1.82, 2.24) is 5.32 Å². The van der Waals surface area contributed by atoms with Gasteiger partial charge in [0.1, 0.15) is 0 Å². The van der Waals surface area contributed by atoms with Gasteiger partial charge in [0.25, 0.3) is 0 Å². The fourth-order valence-electron chi connectivity index (χ4n) is 1.51. The zero-order chi connectivity index (χ0) is 11.1. The molecule has 0 aliphatic carbocycles. The lowest BCUT2D eigenvalue weighted by molar-refractivity contribution is 0.778. The Hall–Kier alpha value is -1.08. The number of rotatable bonds is 5. The lowest BCUT2D eigenvalue weighted by Gasteiger charge is -2.02. The summed E-state index contributed by atoms with van der Waals surface area (Å²) in [5.74, 6) is 0. The van der Waals surface area contributed by atoms with Crippen molar-refractivity contribution in [2.75, 3.05) is 13.1 Å². The predicted octanol–water partition coefficient (Wildman–Crippen LogP) is 3.26. The highest BCUT2D eigenvalue weighted by molar-refractivity contribution is 5.53. The number of hydrogen-bond acceptors (Lipinski definition) is 1. The van der Waals surface area contributed by atoms with Gasteiger partial charge in [-0.25, -0.2) is 0 Å².